The molecule has 1 rings (SSSR count). The summed E-state index contributed by atoms with van der Waals surface area (Å²) in [6, 6.07) is 0. The fourth-order valence-electron chi connectivity index (χ4n) is 1.60. The third-order valence-corrected chi connectivity index (χ3v) is 2.73. The Kier molecular flexibility index (Phi) is 5.80. The summed E-state index contributed by atoms with van der Waals surface area (Å²) in [5.74, 6) is 0. The quantitative estimate of drug-likeness (QED) is 0.628. The van der Waals surface area contributed by atoms with E-state index < -0.39 is 0 Å². The first-order chi connectivity index (χ1) is 8.54. The first-order valence-electron chi connectivity index (χ1n) is 6.22. The van der Waals surface area contributed by atoms with Crippen molar-refractivity contribution < 1.29 is 0 Å². The topological polar surface area (TPSA) is 70.1 Å². The number of hydrogen-bond donors (Lipinski definition) is 2. The van der Waals surface area contributed by atoms with Crippen molar-refractivity contribution in [1.29, 1.82) is 0 Å². The molecule has 0 atom stereocenters. The molecule has 0 saturated carbocycles. The maximum absolute atomic E-state index is 11.6. The van der Waals surface area contributed by atoms with Crippen LogP contribution in [0.25, 0.3) is 0 Å². The number of rotatable bonds is 7. The van der Waals surface area contributed by atoms with Gasteiger partial charge < -0.3 is 10.2 Å². The highest BCUT2D eigenvalue weighted by molar-refractivity contribution is 5.03. The van der Waals surface area contributed by atoms with Crippen molar-refractivity contribution in [1.82, 2.24) is 19.8 Å². The summed E-state index contributed by atoms with van der Waals surface area (Å²) in [6.07, 6.45) is 2.28. The zero-order valence-electron chi connectivity index (χ0n) is 11.3. The second kappa shape index (κ2) is 7.13. The van der Waals surface area contributed by atoms with Crippen molar-refractivity contribution >= 4 is 0 Å². The van der Waals surface area contributed by atoms with E-state index in [1.807, 2.05) is 21.0 Å². The van der Waals surface area contributed by atoms with E-state index in [1.165, 1.54) is 0 Å². The molecule has 1 heterocycles. The van der Waals surface area contributed by atoms with Gasteiger partial charge in [-0.3, -0.25) is 14.3 Å². The second-order valence-corrected chi connectivity index (χ2v) is 4.51. The molecule has 0 aromatic carbocycles. The van der Waals surface area contributed by atoms with Gasteiger partial charge >= 0.3 is 5.69 Å². The average Bonchev–Trinajstić information content (AvgIpc) is 2.30. The zero-order chi connectivity index (χ0) is 13.5. The molecule has 102 valence electrons. The predicted molar refractivity (Wildman–Crippen MR) is 72.1 cm³/mol. The number of nitrogens with one attached hydrogen (secondary N) is 2. The molecule has 1 aromatic rings. The van der Waals surface area contributed by atoms with Crippen LogP contribution >= 0.6 is 0 Å². The van der Waals surface area contributed by atoms with Crippen LogP contribution in [-0.4, -0.2) is 48.2 Å². The minimum Gasteiger partial charge on any atom is -0.314 e. The number of H-pyrrole nitrogens is 1. The highest BCUT2D eigenvalue weighted by atomic mass is 16.2. The third-order valence-electron chi connectivity index (χ3n) is 2.73. The van der Waals surface area contributed by atoms with E-state index in [0.717, 1.165) is 13.1 Å². The van der Waals surface area contributed by atoms with Crippen LogP contribution in [0.5, 0.6) is 0 Å². The van der Waals surface area contributed by atoms with E-state index in [-0.39, 0.29) is 11.2 Å². The normalized spacial score (nSPS) is 11.1. The number of nitrogens with zero attached hydrogens (tertiary/aromatic N) is 2. The molecular weight excluding hydrogens is 232 g/mol. The molecule has 0 fully saturated rings. The van der Waals surface area contributed by atoms with Crippen LogP contribution in [0.2, 0.25) is 0 Å². The van der Waals surface area contributed by atoms with E-state index in [9.17, 15) is 9.59 Å². The van der Waals surface area contributed by atoms with Crippen LogP contribution in [0.15, 0.2) is 15.8 Å². The Labute approximate surface area is 107 Å². The summed E-state index contributed by atoms with van der Waals surface area (Å²) in [7, 11) is 4.03. The van der Waals surface area contributed by atoms with E-state index in [0.29, 0.717) is 25.1 Å². The monoisotopic (exact) mass is 254 g/mol. The maximum atomic E-state index is 11.6. The van der Waals surface area contributed by atoms with Gasteiger partial charge in [0, 0.05) is 37.9 Å². The number of likely N-dealkylation sites (N-methyl/N-ethyl adjacent to an activating group) is 1. The minimum atomic E-state index is -0.341. The fraction of sp³-hybridized carbons (Fsp3) is 0.667. The maximum Gasteiger partial charge on any atom is 0.328 e. The van der Waals surface area contributed by atoms with Gasteiger partial charge in [-0.05, 0) is 20.5 Å². The smallest absolute Gasteiger partial charge is 0.314 e. The highest BCUT2D eigenvalue weighted by Gasteiger charge is 2.02. The van der Waals surface area contributed by atoms with E-state index >= 15 is 0 Å². The van der Waals surface area contributed by atoms with Gasteiger partial charge in [0.25, 0.3) is 5.56 Å². The number of aromatic nitrogens is 2. The van der Waals surface area contributed by atoms with Gasteiger partial charge in [-0.15, -0.1) is 0 Å². The molecule has 6 heteroatoms. The lowest BCUT2D eigenvalue weighted by molar-refractivity contribution is 0.397. The van der Waals surface area contributed by atoms with Crippen molar-refractivity contribution in [3.05, 3.63) is 32.6 Å². The molecule has 0 bridgehead atoms. The van der Waals surface area contributed by atoms with E-state index in [1.54, 1.807) is 10.8 Å². The summed E-state index contributed by atoms with van der Waals surface area (Å²) in [4.78, 5) is 27.4. The largest absolute Gasteiger partial charge is 0.328 e. The third kappa shape index (κ3) is 4.46. The van der Waals surface area contributed by atoms with Crippen LogP contribution in [0.4, 0.5) is 0 Å². The van der Waals surface area contributed by atoms with Gasteiger partial charge in [0.05, 0.1) is 0 Å². The lowest BCUT2D eigenvalue weighted by Crippen LogP contribution is -2.35. The molecule has 6 nitrogen and oxygen atoms in total. The van der Waals surface area contributed by atoms with Crippen molar-refractivity contribution in [3.63, 3.8) is 0 Å². The van der Waals surface area contributed by atoms with Crippen molar-refractivity contribution in [2.24, 2.45) is 0 Å². The fourth-order valence-corrected chi connectivity index (χ4v) is 1.60. The van der Waals surface area contributed by atoms with Crippen molar-refractivity contribution in [2.75, 3.05) is 33.7 Å². The molecule has 0 aliphatic rings. The number of aromatic amines is 1. The summed E-state index contributed by atoms with van der Waals surface area (Å²) < 4.78 is 1.54. The molecule has 0 spiro atoms. The molecule has 0 radical (unpaired) electrons. The first-order valence-corrected chi connectivity index (χ1v) is 6.22. The van der Waals surface area contributed by atoms with Crippen LogP contribution in [0.3, 0.4) is 0 Å². The molecule has 0 amide bonds. The molecule has 1 aromatic heterocycles. The van der Waals surface area contributed by atoms with Crippen LogP contribution in [0.1, 0.15) is 12.5 Å². The summed E-state index contributed by atoms with van der Waals surface area (Å²) in [6.45, 7) is 5.01. The molecule has 0 aliphatic heterocycles. The Morgan fingerprint density at radius 2 is 2.06 bits per heavy atom. The van der Waals surface area contributed by atoms with Gasteiger partial charge in [-0.1, -0.05) is 6.92 Å². The number of hydrogen-bond acceptors (Lipinski definition) is 4. The summed E-state index contributed by atoms with van der Waals surface area (Å²) >= 11 is 0. The van der Waals surface area contributed by atoms with Gasteiger partial charge in [0.1, 0.15) is 0 Å². The van der Waals surface area contributed by atoms with E-state index in [4.69, 9.17) is 0 Å². The standard InChI is InChI=1S/C12H22N4O2/c1-4-10-9-16(12(18)14-11(10)17)8-6-13-5-7-15(2)3/h9,13H,4-8H2,1-3H3,(H,14,17,18). The predicted octanol–water partition coefficient (Wildman–Crippen LogP) is -0.750. The Bertz CT molecular complexity index is 476. The van der Waals surface area contributed by atoms with Crippen molar-refractivity contribution in [3.8, 4) is 0 Å². The number of aryl methyl sites for hydroxylation is 1. The summed E-state index contributed by atoms with van der Waals surface area (Å²) in [5, 5.41) is 3.25. The molecule has 0 saturated heterocycles. The second-order valence-electron chi connectivity index (χ2n) is 4.51. The SMILES string of the molecule is CCc1cn(CCNCCN(C)C)c(=O)[nH]c1=O. The lowest BCUT2D eigenvalue weighted by atomic mass is 10.3. The Morgan fingerprint density at radius 1 is 1.33 bits per heavy atom. The molecule has 0 aliphatic carbocycles. The minimum absolute atomic E-state index is 0.278. The van der Waals surface area contributed by atoms with Crippen molar-refractivity contribution in [2.45, 2.75) is 19.9 Å². The zero-order valence-corrected chi connectivity index (χ0v) is 11.3. The molecule has 18 heavy (non-hydrogen) atoms. The molecule has 2 N–H and O–H groups in total. The Balaban J connectivity index is 2.52. The van der Waals surface area contributed by atoms with Gasteiger partial charge in [-0.2, -0.15) is 0 Å². The van der Waals surface area contributed by atoms with Crippen LogP contribution < -0.4 is 16.6 Å². The van der Waals surface area contributed by atoms with Crippen LogP contribution in [-0.2, 0) is 13.0 Å². The van der Waals surface area contributed by atoms with Gasteiger partial charge in [0.2, 0.25) is 0 Å². The average molecular weight is 254 g/mol. The van der Waals surface area contributed by atoms with Gasteiger partial charge in [0.15, 0.2) is 0 Å². The highest BCUT2D eigenvalue weighted by Crippen LogP contribution is 1.88. The summed E-state index contributed by atoms with van der Waals surface area (Å²) in [5.41, 5.74) is 0.0221. The Morgan fingerprint density at radius 3 is 2.67 bits per heavy atom. The van der Waals surface area contributed by atoms with Crippen LogP contribution in [0, 0.1) is 0 Å². The van der Waals surface area contributed by atoms with Gasteiger partial charge in [-0.25, -0.2) is 4.79 Å². The molecule has 0 unspecified atom stereocenters. The first kappa shape index (κ1) is 14.7. The molecular formula is C12H22N4O2. The Hall–Kier alpha value is -1.40. The van der Waals surface area contributed by atoms with E-state index in [2.05, 4.69) is 15.2 Å². The lowest BCUT2D eigenvalue weighted by Gasteiger charge is -2.11.